The fraction of sp³-hybridized carbons (Fsp3) is 0.400. The van der Waals surface area contributed by atoms with Crippen LogP contribution in [0.1, 0.15) is 24.7 Å². The molecule has 0 radical (unpaired) electrons. The molecule has 64 valence electrons. The monoisotopic (exact) mass is 164 g/mol. The van der Waals surface area contributed by atoms with Crippen LogP contribution in [0.15, 0.2) is 35.0 Å². The van der Waals surface area contributed by atoms with Crippen LogP contribution in [-0.2, 0) is 0 Å². The van der Waals surface area contributed by atoms with Crippen LogP contribution < -0.4 is 0 Å². The molecule has 0 saturated heterocycles. The molecule has 2 unspecified atom stereocenters. The van der Waals surface area contributed by atoms with Crippen molar-refractivity contribution in [3.63, 3.8) is 0 Å². The van der Waals surface area contributed by atoms with Gasteiger partial charge in [-0.05, 0) is 25.0 Å². The highest BCUT2D eigenvalue weighted by Crippen LogP contribution is 2.30. The van der Waals surface area contributed by atoms with Crippen molar-refractivity contribution in [1.82, 2.24) is 0 Å². The molecular formula is C10H12O2. The van der Waals surface area contributed by atoms with E-state index in [1.165, 1.54) is 0 Å². The van der Waals surface area contributed by atoms with E-state index in [0.29, 0.717) is 5.76 Å². The summed E-state index contributed by atoms with van der Waals surface area (Å²) in [5, 5.41) is 9.76. The van der Waals surface area contributed by atoms with Gasteiger partial charge in [-0.2, -0.15) is 0 Å². The molecule has 0 aliphatic heterocycles. The van der Waals surface area contributed by atoms with Gasteiger partial charge in [0.2, 0.25) is 0 Å². The molecule has 1 aromatic rings. The lowest BCUT2D eigenvalue weighted by atomic mass is 10.0. The third kappa shape index (κ3) is 1.30. The minimum absolute atomic E-state index is 0.246. The highest BCUT2D eigenvalue weighted by atomic mass is 16.4. The molecule has 0 bridgehead atoms. The number of allylic oxidation sites excluding steroid dienone is 1. The molecule has 2 heteroatoms. The van der Waals surface area contributed by atoms with E-state index in [1.54, 1.807) is 12.3 Å². The summed E-state index contributed by atoms with van der Waals surface area (Å²) >= 11 is 0. The van der Waals surface area contributed by atoms with Gasteiger partial charge in [0.15, 0.2) is 0 Å². The molecule has 2 atom stereocenters. The number of rotatable bonds is 2. The van der Waals surface area contributed by atoms with Crippen LogP contribution >= 0.6 is 0 Å². The summed E-state index contributed by atoms with van der Waals surface area (Å²) in [5.74, 6) is 0.919. The van der Waals surface area contributed by atoms with E-state index in [9.17, 15) is 5.11 Å². The van der Waals surface area contributed by atoms with Crippen molar-refractivity contribution in [3.05, 3.63) is 36.3 Å². The fourth-order valence-electron chi connectivity index (χ4n) is 1.59. The number of aliphatic hydroxyl groups excluding tert-OH is 1. The first-order valence-corrected chi connectivity index (χ1v) is 4.26. The first kappa shape index (κ1) is 7.62. The maximum absolute atomic E-state index is 9.76. The molecule has 0 aromatic carbocycles. The van der Waals surface area contributed by atoms with Gasteiger partial charge in [0.25, 0.3) is 0 Å². The van der Waals surface area contributed by atoms with E-state index >= 15 is 0 Å². The van der Waals surface area contributed by atoms with Gasteiger partial charge in [-0.25, -0.2) is 0 Å². The van der Waals surface area contributed by atoms with Gasteiger partial charge in [0, 0.05) is 5.92 Å². The molecular weight excluding hydrogens is 152 g/mol. The Morgan fingerprint density at radius 2 is 2.50 bits per heavy atom. The third-order valence-electron chi connectivity index (χ3n) is 2.29. The molecule has 2 nitrogen and oxygen atoms in total. The lowest BCUT2D eigenvalue weighted by molar-refractivity contribution is 0.107. The van der Waals surface area contributed by atoms with Crippen molar-refractivity contribution in [2.45, 2.75) is 18.9 Å². The molecule has 1 aromatic heterocycles. The zero-order chi connectivity index (χ0) is 8.39. The van der Waals surface area contributed by atoms with E-state index in [0.717, 1.165) is 12.8 Å². The van der Waals surface area contributed by atoms with Crippen molar-refractivity contribution in [1.29, 1.82) is 0 Å². The van der Waals surface area contributed by atoms with Crippen molar-refractivity contribution < 1.29 is 9.52 Å². The quantitative estimate of drug-likeness (QED) is 0.680. The number of hydrogen-bond acceptors (Lipinski definition) is 2. The standard InChI is InChI=1S/C10H12O2/c11-10(8-4-1-2-5-8)9-6-3-7-12-9/h1,3-4,6-8,10-11H,2,5H2. The zero-order valence-electron chi connectivity index (χ0n) is 6.81. The van der Waals surface area contributed by atoms with Gasteiger partial charge in [-0.15, -0.1) is 0 Å². The van der Waals surface area contributed by atoms with Crippen molar-refractivity contribution in [2.75, 3.05) is 0 Å². The summed E-state index contributed by atoms with van der Waals surface area (Å²) in [6.45, 7) is 0. The van der Waals surface area contributed by atoms with E-state index in [4.69, 9.17) is 4.42 Å². The molecule has 2 rings (SSSR count). The van der Waals surface area contributed by atoms with Gasteiger partial charge in [0.05, 0.1) is 6.26 Å². The van der Waals surface area contributed by atoms with Gasteiger partial charge >= 0.3 is 0 Å². The summed E-state index contributed by atoms with van der Waals surface area (Å²) in [7, 11) is 0. The summed E-state index contributed by atoms with van der Waals surface area (Å²) in [6, 6.07) is 3.62. The number of hydrogen-bond donors (Lipinski definition) is 1. The first-order chi connectivity index (χ1) is 5.88. The van der Waals surface area contributed by atoms with Crippen LogP contribution in [0, 0.1) is 5.92 Å². The van der Waals surface area contributed by atoms with Crippen LogP contribution in [0.25, 0.3) is 0 Å². The molecule has 0 fully saturated rings. The summed E-state index contributed by atoms with van der Waals surface area (Å²) < 4.78 is 5.12. The molecule has 0 amide bonds. The van der Waals surface area contributed by atoms with Crippen LogP contribution in [0.5, 0.6) is 0 Å². The largest absolute Gasteiger partial charge is 0.467 e. The van der Waals surface area contributed by atoms with Gasteiger partial charge in [-0.3, -0.25) is 0 Å². The Kier molecular flexibility index (Phi) is 2.00. The van der Waals surface area contributed by atoms with Crippen LogP contribution in [0.2, 0.25) is 0 Å². The highest BCUT2D eigenvalue weighted by Gasteiger charge is 2.22. The van der Waals surface area contributed by atoms with Gasteiger partial charge < -0.3 is 9.52 Å². The maximum Gasteiger partial charge on any atom is 0.132 e. The van der Waals surface area contributed by atoms with Crippen molar-refractivity contribution in [2.24, 2.45) is 5.92 Å². The fourth-order valence-corrected chi connectivity index (χ4v) is 1.59. The van der Waals surface area contributed by atoms with Crippen LogP contribution in [-0.4, -0.2) is 5.11 Å². The zero-order valence-corrected chi connectivity index (χ0v) is 6.81. The van der Waals surface area contributed by atoms with Gasteiger partial charge in [0.1, 0.15) is 11.9 Å². The normalized spacial score (nSPS) is 24.6. The third-order valence-corrected chi connectivity index (χ3v) is 2.29. The minimum atomic E-state index is -0.459. The second-order valence-electron chi connectivity index (χ2n) is 3.13. The number of aliphatic hydroxyl groups is 1. The Hall–Kier alpha value is -1.02. The van der Waals surface area contributed by atoms with E-state index in [1.807, 2.05) is 6.07 Å². The van der Waals surface area contributed by atoms with E-state index in [-0.39, 0.29) is 5.92 Å². The summed E-state index contributed by atoms with van der Waals surface area (Å²) in [5.41, 5.74) is 0. The average Bonchev–Trinajstić information content (AvgIpc) is 2.77. The molecule has 1 heterocycles. The second-order valence-corrected chi connectivity index (χ2v) is 3.13. The lowest BCUT2D eigenvalue weighted by Gasteiger charge is -2.13. The predicted molar refractivity (Wildman–Crippen MR) is 45.5 cm³/mol. The predicted octanol–water partition coefficient (Wildman–Crippen LogP) is 2.28. The van der Waals surface area contributed by atoms with E-state index in [2.05, 4.69) is 12.2 Å². The first-order valence-electron chi connectivity index (χ1n) is 4.26. The van der Waals surface area contributed by atoms with Crippen LogP contribution in [0.3, 0.4) is 0 Å². The second kappa shape index (κ2) is 3.15. The van der Waals surface area contributed by atoms with Gasteiger partial charge in [-0.1, -0.05) is 12.2 Å². The van der Waals surface area contributed by atoms with E-state index < -0.39 is 6.10 Å². The van der Waals surface area contributed by atoms with Crippen molar-refractivity contribution in [3.8, 4) is 0 Å². The maximum atomic E-state index is 9.76. The van der Waals surface area contributed by atoms with Crippen LogP contribution in [0.4, 0.5) is 0 Å². The minimum Gasteiger partial charge on any atom is -0.467 e. The Labute approximate surface area is 71.5 Å². The van der Waals surface area contributed by atoms with Crippen molar-refractivity contribution >= 4 is 0 Å². The molecule has 1 aliphatic rings. The Morgan fingerprint density at radius 1 is 1.58 bits per heavy atom. The lowest BCUT2D eigenvalue weighted by Crippen LogP contribution is -2.06. The Morgan fingerprint density at radius 3 is 3.08 bits per heavy atom. The molecule has 0 saturated carbocycles. The number of furan rings is 1. The molecule has 1 aliphatic carbocycles. The molecule has 0 spiro atoms. The highest BCUT2D eigenvalue weighted by molar-refractivity contribution is 5.09. The summed E-state index contributed by atoms with van der Waals surface area (Å²) in [6.07, 6.45) is 7.41. The Balaban J connectivity index is 2.09. The average molecular weight is 164 g/mol. The smallest absolute Gasteiger partial charge is 0.132 e. The summed E-state index contributed by atoms with van der Waals surface area (Å²) in [4.78, 5) is 0. The SMILES string of the molecule is OC(c1ccco1)C1C=CCC1. The topological polar surface area (TPSA) is 33.4 Å². The Bertz CT molecular complexity index is 261. The molecule has 1 N–H and O–H groups in total. The molecule has 12 heavy (non-hydrogen) atoms.